The van der Waals surface area contributed by atoms with Crippen molar-refractivity contribution >= 4 is 51.3 Å². The summed E-state index contributed by atoms with van der Waals surface area (Å²) in [5.74, 6) is 0.424. The molecule has 2 heterocycles. The van der Waals surface area contributed by atoms with Crippen molar-refractivity contribution in [3.63, 3.8) is 0 Å². The second-order valence-electron chi connectivity index (χ2n) is 8.81. The molecule has 1 fully saturated rings. The number of nitrogens with zero attached hydrogens (tertiary/aromatic N) is 4. The Balaban J connectivity index is 1.69. The van der Waals surface area contributed by atoms with E-state index in [1.165, 1.54) is 24.4 Å². The Morgan fingerprint density at radius 2 is 2.03 bits per heavy atom. The Kier molecular flexibility index (Phi) is 8.45. The van der Waals surface area contributed by atoms with E-state index in [2.05, 4.69) is 38.8 Å². The van der Waals surface area contributed by atoms with Gasteiger partial charge in [0.2, 0.25) is 0 Å². The van der Waals surface area contributed by atoms with Gasteiger partial charge in [-0.3, -0.25) is 15.1 Å². The van der Waals surface area contributed by atoms with Crippen molar-refractivity contribution in [3.05, 3.63) is 57.2 Å². The second kappa shape index (κ2) is 11.9. The summed E-state index contributed by atoms with van der Waals surface area (Å²) < 4.78 is 5.77. The number of anilines is 3. The lowest BCUT2D eigenvalue weighted by Gasteiger charge is -2.31. The van der Waals surface area contributed by atoms with Gasteiger partial charge in [0.25, 0.3) is 5.69 Å². The molecule has 2 aromatic carbocycles. The maximum atomic E-state index is 12.9. The van der Waals surface area contributed by atoms with Gasteiger partial charge in [-0.2, -0.15) is 5.26 Å². The van der Waals surface area contributed by atoms with Crippen LogP contribution in [0.1, 0.15) is 32.3 Å². The fourth-order valence-electron chi connectivity index (χ4n) is 4.41. The van der Waals surface area contributed by atoms with Gasteiger partial charge in [0.15, 0.2) is 0 Å². The Morgan fingerprint density at radius 3 is 2.68 bits per heavy atom. The SMILES string of the molecule is CCOc1cc2ncc(C#N)c(Nc3cc([N+](=O)[O-])ccc3Cl)c2cc1NC(=O)NC1CCN(CC)CC1. The number of carbonyl (C=O) groups excluding carboxylic acids is 1. The molecule has 0 unspecified atom stereocenters. The lowest BCUT2D eigenvalue weighted by atomic mass is 10.1. The van der Waals surface area contributed by atoms with E-state index in [0.717, 1.165) is 32.5 Å². The minimum absolute atomic E-state index is 0.0638. The highest BCUT2D eigenvalue weighted by Gasteiger charge is 2.21. The van der Waals surface area contributed by atoms with Gasteiger partial charge >= 0.3 is 6.03 Å². The molecule has 3 aromatic rings. The highest BCUT2D eigenvalue weighted by molar-refractivity contribution is 6.33. The summed E-state index contributed by atoms with van der Waals surface area (Å²) in [7, 11) is 0. The van der Waals surface area contributed by atoms with Gasteiger partial charge in [0.05, 0.1) is 44.7 Å². The van der Waals surface area contributed by atoms with Crippen molar-refractivity contribution in [3.8, 4) is 11.8 Å². The molecule has 2 amide bonds. The summed E-state index contributed by atoms with van der Waals surface area (Å²) in [4.78, 5) is 30.4. The molecule has 11 nitrogen and oxygen atoms in total. The van der Waals surface area contributed by atoms with Crippen LogP contribution in [0.2, 0.25) is 5.02 Å². The van der Waals surface area contributed by atoms with Crippen molar-refractivity contribution in [1.29, 1.82) is 5.26 Å². The Morgan fingerprint density at radius 1 is 1.26 bits per heavy atom. The topological polar surface area (TPSA) is 145 Å². The molecule has 1 saturated heterocycles. The number of fused-ring (bicyclic) bond motifs is 1. The average molecular weight is 538 g/mol. The number of halogens is 1. The van der Waals surface area contributed by atoms with Crippen LogP contribution < -0.4 is 20.7 Å². The molecule has 0 bridgehead atoms. The Hall–Kier alpha value is -4.14. The molecule has 12 heteroatoms. The number of carbonyl (C=O) groups is 1. The highest BCUT2D eigenvalue weighted by Crippen LogP contribution is 2.38. The van der Waals surface area contributed by atoms with E-state index in [1.807, 2.05) is 6.92 Å². The van der Waals surface area contributed by atoms with Gasteiger partial charge < -0.3 is 25.6 Å². The van der Waals surface area contributed by atoms with E-state index < -0.39 is 4.92 Å². The van der Waals surface area contributed by atoms with Crippen molar-refractivity contribution in [2.24, 2.45) is 0 Å². The summed E-state index contributed by atoms with van der Waals surface area (Å²) >= 11 is 6.30. The molecule has 0 radical (unpaired) electrons. The van der Waals surface area contributed by atoms with E-state index in [0.29, 0.717) is 34.6 Å². The number of likely N-dealkylation sites (tertiary alicyclic amines) is 1. The summed E-state index contributed by atoms with van der Waals surface area (Å²) in [6, 6.07) is 9.14. The van der Waals surface area contributed by atoms with E-state index in [4.69, 9.17) is 16.3 Å². The zero-order valence-electron chi connectivity index (χ0n) is 21.1. The summed E-state index contributed by atoms with van der Waals surface area (Å²) in [6.45, 7) is 7.17. The average Bonchev–Trinajstić information content (AvgIpc) is 2.91. The molecule has 1 aliphatic heterocycles. The van der Waals surface area contributed by atoms with Gasteiger partial charge in [-0.1, -0.05) is 18.5 Å². The maximum Gasteiger partial charge on any atom is 0.319 e. The number of ether oxygens (including phenoxy) is 1. The quantitative estimate of drug-likeness (QED) is 0.255. The molecule has 0 saturated carbocycles. The molecule has 0 atom stereocenters. The predicted octanol–water partition coefficient (Wildman–Crippen LogP) is 5.42. The van der Waals surface area contributed by atoms with Crippen molar-refractivity contribution in [2.75, 3.05) is 36.9 Å². The standard InChI is InChI=1S/C26H28ClN7O4/c1-3-33-9-7-17(8-10-33)30-26(35)32-23-12-19-21(13-24(23)38-4-2)29-15-16(14-28)25(19)31-22-11-18(34(36)37)5-6-20(22)27/h5-6,11-13,15,17H,3-4,7-10H2,1-2H3,(H,29,31)(H2,30,32,35). The Labute approximate surface area is 224 Å². The normalized spacial score (nSPS) is 14.1. The molecule has 1 aliphatic rings. The number of nitro benzene ring substituents is 1. The lowest BCUT2D eigenvalue weighted by molar-refractivity contribution is -0.384. The second-order valence-corrected chi connectivity index (χ2v) is 9.22. The van der Waals surface area contributed by atoms with E-state index in [-0.39, 0.29) is 34.0 Å². The van der Waals surface area contributed by atoms with E-state index >= 15 is 0 Å². The van der Waals surface area contributed by atoms with Crippen LogP contribution in [0, 0.1) is 21.4 Å². The van der Waals surface area contributed by atoms with Crippen LogP contribution in [0.15, 0.2) is 36.5 Å². The van der Waals surface area contributed by atoms with E-state index in [9.17, 15) is 20.2 Å². The third kappa shape index (κ3) is 6.04. The number of urea groups is 1. The molecule has 198 valence electrons. The number of pyridine rings is 1. The number of amides is 2. The van der Waals surface area contributed by atoms with Crippen LogP contribution >= 0.6 is 11.6 Å². The number of piperidine rings is 1. The highest BCUT2D eigenvalue weighted by atomic mass is 35.5. The van der Waals surface area contributed by atoms with Gasteiger partial charge in [-0.25, -0.2) is 4.79 Å². The molecule has 0 spiro atoms. The van der Waals surface area contributed by atoms with E-state index in [1.54, 1.807) is 12.1 Å². The summed E-state index contributed by atoms with van der Waals surface area (Å²) in [6.07, 6.45) is 3.13. The number of nitro groups is 1. The molecule has 1 aromatic heterocycles. The van der Waals surface area contributed by atoms with Gasteiger partial charge in [-0.15, -0.1) is 0 Å². The van der Waals surface area contributed by atoms with Crippen LogP contribution in [-0.4, -0.2) is 53.1 Å². The number of benzene rings is 2. The number of nitrogens with one attached hydrogen (secondary N) is 3. The molecular weight excluding hydrogens is 510 g/mol. The first-order chi connectivity index (χ1) is 18.3. The minimum atomic E-state index is -0.529. The number of rotatable bonds is 8. The minimum Gasteiger partial charge on any atom is -0.492 e. The van der Waals surface area contributed by atoms with Crippen LogP contribution in [0.4, 0.5) is 27.5 Å². The number of nitriles is 1. The van der Waals surface area contributed by atoms with Crippen LogP contribution in [0.3, 0.4) is 0 Å². The molecular formula is C26H28ClN7O4. The smallest absolute Gasteiger partial charge is 0.319 e. The molecule has 0 aliphatic carbocycles. The van der Waals surface area contributed by atoms with Crippen LogP contribution in [0.25, 0.3) is 10.9 Å². The third-order valence-corrected chi connectivity index (χ3v) is 6.76. The zero-order chi connectivity index (χ0) is 27.2. The third-order valence-electron chi connectivity index (χ3n) is 6.43. The molecule has 3 N–H and O–H groups in total. The first kappa shape index (κ1) is 26.9. The first-order valence-electron chi connectivity index (χ1n) is 12.3. The molecule has 4 rings (SSSR count). The predicted molar refractivity (Wildman–Crippen MR) is 146 cm³/mol. The van der Waals surface area contributed by atoms with Gasteiger partial charge in [0, 0.05) is 48.9 Å². The molecule has 38 heavy (non-hydrogen) atoms. The maximum absolute atomic E-state index is 12.9. The van der Waals surface area contributed by atoms with Crippen LogP contribution in [-0.2, 0) is 0 Å². The van der Waals surface area contributed by atoms with Crippen molar-refractivity contribution in [2.45, 2.75) is 32.7 Å². The number of aromatic nitrogens is 1. The van der Waals surface area contributed by atoms with Crippen molar-refractivity contribution < 1.29 is 14.5 Å². The Bertz CT molecular complexity index is 1400. The summed E-state index contributed by atoms with van der Waals surface area (Å²) in [5.41, 5.74) is 1.53. The first-order valence-corrected chi connectivity index (χ1v) is 12.7. The number of hydrogen-bond donors (Lipinski definition) is 3. The van der Waals surface area contributed by atoms with Crippen LogP contribution in [0.5, 0.6) is 5.75 Å². The monoisotopic (exact) mass is 537 g/mol. The number of hydrogen-bond acceptors (Lipinski definition) is 8. The number of non-ortho nitro benzene ring substituents is 1. The van der Waals surface area contributed by atoms with Gasteiger partial charge in [0.1, 0.15) is 11.8 Å². The zero-order valence-corrected chi connectivity index (χ0v) is 21.8. The fourth-order valence-corrected chi connectivity index (χ4v) is 4.57. The fraction of sp³-hybridized carbons (Fsp3) is 0.346. The summed E-state index contributed by atoms with van der Waals surface area (Å²) in [5, 5.41) is 30.8. The lowest BCUT2D eigenvalue weighted by Crippen LogP contribution is -2.45. The van der Waals surface area contributed by atoms with Crippen molar-refractivity contribution in [1.82, 2.24) is 15.2 Å². The van der Waals surface area contributed by atoms with Gasteiger partial charge in [-0.05, 0) is 38.4 Å². The largest absolute Gasteiger partial charge is 0.492 e.